The SMILES string of the molecule is CCCN1CC(Oc2ccc(C(=O)c3c(-c4ccccc4Cl)noc3-c3cccc4[nH]ncc34)cc2)C1. The molecular weight excluding hydrogens is 488 g/mol. The van der Waals surface area contributed by atoms with Crippen LogP contribution < -0.4 is 4.74 Å². The van der Waals surface area contributed by atoms with Crippen molar-refractivity contribution in [1.82, 2.24) is 20.3 Å². The van der Waals surface area contributed by atoms with Gasteiger partial charge in [-0.05, 0) is 49.4 Å². The van der Waals surface area contributed by atoms with Crippen molar-refractivity contribution in [3.05, 3.63) is 89.1 Å². The summed E-state index contributed by atoms with van der Waals surface area (Å²) in [4.78, 5) is 16.4. The van der Waals surface area contributed by atoms with E-state index in [4.69, 9.17) is 20.9 Å². The van der Waals surface area contributed by atoms with Crippen molar-refractivity contribution in [3.63, 3.8) is 0 Å². The predicted molar refractivity (Wildman–Crippen MR) is 143 cm³/mol. The zero-order valence-corrected chi connectivity index (χ0v) is 21.0. The standard InChI is InChI=1S/C29H25ClN4O3/c1-2-14-34-16-20(17-34)36-19-12-10-18(11-13-19)28(35)26-27(22-6-3-4-8-24(22)30)33-37-29(26)21-7-5-9-25-23(21)15-31-32-25/h3-13,15,20H,2,14,16-17H2,1H3,(H,31,32). The number of halogens is 1. The molecule has 3 aromatic carbocycles. The molecule has 0 amide bonds. The molecule has 186 valence electrons. The molecule has 1 fully saturated rings. The minimum Gasteiger partial charge on any atom is -0.488 e. The average Bonchev–Trinajstić information content (AvgIpc) is 3.55. The molecule has 2 aromatic heterocycles. The fourth-order valence-electron chi connectivity index (χ4n) is 4.81. The fourth-order valence-corrected chi connectivity index (χ4v) is 5.03. The predicted octanol–water partition coefficient (Wildman–Crippen LogP) is 6.24. The van der Waals surface area contributed by atoms with Gasteiger partial charge in [-0.25, -0.2) is 0 Å². The number of aromatic amines is 1. The molecule has 0 saturated carbocycles. The van der Waals surface area contributed by atoms with E-state index in [1.54, 1.807) is 24.4 Å². The van der Waals surface area contributed by atoms with Crippen LogP contribution >= 0.6 is 11.6 Å². The number of carbonyl (C=O) groups excluding carboxylic acids is 1. The van der Waals surface area contributed by atoms with Gasteiger partial charge in [0.2, 0.25) is 0 Å². The maximum Gasteiger partial charge on any atom is 0.199 e. The van der Waals surface area contributed by atoms with Crippen molar-refractivity contribution in [2.24, 2.45) is 0 Å². The van der Waals surface area contributed by atoms with Crippen molar-refractivity contribution in [2.75, 3.05) is 19.6 Å². The van der Waals surface area contributed by atoms with E-state index in [0.717, 1.165) is 48.3 Å². The van der Waals surface area contributed by atoms with Gasteiger partial charge in [-0.1, -0.05) is 54.0 Å². The first kappa shape index (κ1) is 23.5. The van der Waals surface area contributed by atoms with Gasteiger partial charge in [0.25, 0.3) is 0 Å². The number of ether oxygens (including phenoxy) is 1. The van der Waals surface area contributed by atoms with Gasteiger partial charge in [0.15, 0.2) is 11.5 Å². The quantitative estimate of drug-likeness (QED) is 0.248. The molecule has 0 spiro atoms. The van der Waals surface area contributed by atoms with Crippen molar-refractivity contribution in [3.8, 4) is 28.3 Å². The number of rotatable bonds is 8. The van der Waals surface area contributed by atoms with Gasteiger partial charge in [-0.3, -0.25) is 14.8 Å². The van der Waals surface area contributed by atoms with E-state index in [9.17, 15) is 4.79 Å². The Kier molecular flexibility index (Phi) is 6.24. The molecule has 0 atom stereocenters. The minimum atomic E-state index is -0.212. The largest absolute Gasteiger partial charge is 0.488 e. The Morgan fingerprint density at radius 2 is 1.86 bits per heavy atom. The van der Waals surface area contributed by atoms with Crippen LogP contribution in [0.4, 0.5) is 0 Å². The highest BCUT2D eigenvalue weighted by Gasteiger charge is 2.29. The molecule has 7 nitrogen and oxygen atoms in total. The molecular formula is C29H25ClN4O3. The van der Waals surface area contributed by atoms with E-state index >= 15 is 0 Å². The smallest absolute Gasteiger partial charge is 0.199 e. The van der Waals surface area contributed by atoms with Gasteiger partial charge < -0.3 is 9.26 Å². The van der Waals surface area contributed by atoms with Gasteiger partial charge in [-0.2, -0.15) is 5.10 Å². The van der Waals surface area contributed by atoms with Gasteiger partial charge in [0.1, 0.15) is 17.5 Å². The topological polar surface area (TPSA) is 84.2 Å². The van der Waals surface area contributed by atoms with Crippen LogP contribution in [-0.4, -0.2) is 51.8 Å². The second kappa shape index (κ2) is 9.84. The zero-order valence-electron chi connectivity index (χ0n) is 20.3. The number of hydrogen-bond donors (Lipinski definition) is 1. The van der Waals surface area contributed by atoms with Gasteiger partial charge in [0, 0.05) is 35.2 Å². The Morgan fingerprint density at radius 1 is 1.08 bits per heavy atom. The second-order valence-corrected chi connectivity index (χ2v) is 9.61. The second-order valence-electron chi connectivity index (χ2n) is 9.20. The molecule has 6 rings (SSSR count). The molecule has 5 aromatic rings. The Balaban J connectivity index is 1.37. The summed E-state index contributed by atoms with van der Waals surface area (Å²) in [5, 5.41) is 12.8. The highest BCUT2D eigenvalue weighted by molar-refractivity contribution is 6.33. The van der Waals surface area contributed by atoms with E-state index in [1.807, 2.05) is 48.5 Å². The molecule has 0 unspecified atom stereocenters. The van der Waals surface area contributed by atoms with Crippen LogP contribution in [0.2, 0.25) is 5.02 Å². The van der Waals surface area contributed by atoms with E-state index in [2.05, 4.69) is 27.2 Å². The van der Waals surface area contributed by atoms with Crippen LogP contribution in [0, 0.1) is 0 Å². The lowest BCUT2D eigenvalue weighted by atomic mass is 9.94. The number of hydrogen-bond acceptors (Lipinski definition) is 6. The van der Waals surface area contributed by atoms with Crippen LogP contribution in [0.5, 0.6) is 5.75 Å². The average molecular weight is 513 g/mol. The lowest BCUT2D eigenvalue weighted by molar-refractivity contribution is 0.0202. The molecule has 8 heteroatoms. The number of carbonyl (C=O) groups is 1. The van der Waals surface area contributed by atoms with E-state index < -0.39 is 0 Å². The van der Waals surface area contributed by atoms with Crippen LogP contribution in [0.25, 0.3) is 33.5 Å². The fraction of sp³-hybridized carbons (Fsp3) is 0.207. The van der Waals surface area contributed by atoms with Crippen LogP contribution in [0.15, 0.2) is 77.4 Å². The highest BCUT2D eigenvalue weighted by atomic mass is 35.5. The Labute approximate surface area is 219 Å². The van der Waals surface area contributed by atoms with Crippen LogP contribution in [0.3, 0.4) is 0 Å². The number of benzene rings is 3. The number of likely N-dealkylation sites (tertiary alicyclic amines) is 1. The third-order valence-electron chi connectivity index (χ3n) is 6.66. The third-order valence-corrected chi connectivity index (χ3v) is 6.99. The Morgan fingerprint density at radius 3 is 2.65 bits per heavy atom. The molecule has 1 N–H and O–H groups in total. The van der Waals surface area contributed by atoms with E-state index in [1.165, 1.54) is 0 Å². The van der Waals surface area contributed by atoms with Gasteiger partial charge in [-0.15, -0.1) is 0 Å². The first-order chi connectivity index (χ1) is 18.1. The summed E-state index contributed by atoms with van der Waals surface area (Å²) in [7, 11) is 0. The molecule has 0 bridgehead atoms. The summed E-state index contributed by atoms with van der Waals surface area (Å²) < 4.78 is 11.9. The molecule has 37 heavy (non-hydrogen) atoms. The highest BCUT2D eigenvalue weighted by Crippen LogP contribution is 2.39. The third kappa shape index (κ3) is 4.41. The summed E-state index contributed by atoms with van der Waals surface area (Å²) >= 11 is 6.50. The number of H-pyrrole nitrogens is 1. The number of nitrogens with one attached hydrogen (secondary N) is 1. The Bertz CT molecular complexity index is 1570. The summed E-state index contributed by atoms with van der Waals surface area (Å²) in [6.07, 6.45) is 3.03. The molecule has 0 aliphatic carbocycles. The first-order valence-electron chi connectivity index (χ1n) is 12.3. The minimum absolute atomic E-state index is 0.181. The molecule has 0 radical (unpaired) electrons. The maximum atomic E-state index is 14.0. The number of ketones is 1. The van der Waals surface area contributed by atoms with E-state index in [0.29, 0.717) is 33.2 Å². The van der Waals surface area contributed by atoms with Gasteiger partial charge in [0.05, 0.1) is 22.3 Å². The van der Waals surface area contributed by atoms with E-state index in [-0.39, 0.29) is 11.9 Å². The maximum absolute atomic E-state index is 14.0. The number of aromatic nitrogens is 3. The summed E-state index contributed by atoms with van der Waals surface area (Å²) in [5.74, 6) is 0.909. The van der Waals surface area contributed by atoms with Gasteiger partial charge >= 0.3 is 0 Å². The first-order valence-corrected chi connectivity index (χ1v) is 12.7. The lowest BCUT2D eigenvalue weighted by Crippen LogP contribution is -2.53. The van der Waals surface area contributed by atoms with Crippen LogP contribution in [0.1, 0.15) is 29.3 Å². The number of nitrogens with zero attached hydrogens (tertiary/aromatic N) is 3. The van der Waals surface area contributed by atoms with Crippen molar-refractivity contribution >= 4 is 28.3 Å². The van der Waals surface area contributed by atoms with Crippen LogP contribution in [-0.2, 0) is 0 Å². The lowest BCUT2D eigenvalue weighted by Gasteiger charge is -2.38. The monoisotopic (exact) mass is 512 g/mol. The summed E-state index contributed by atoms with van der Waals surface area (Å²) in [5.41, 5.74) is 3.44. The zero-order chi connectivity index (χ0) is 25.4. The number of fused-ring (bicyclic) bond motifs is 1. The molecule has 1 aliphatic heterocycles. The van der Waals surface area contributed by atoms with Crippen molar-refractivity contribution in [2.45, 2.75) is 19.4 Å². The molecule has 3 heterocycles. The summed E-state index contributed by atoms with van der Waals surface area (Å²) in [6, 6.07) is 20.2. The molecule has 1 aliphatic rings. The molecule has 1 saturated heterocycles. The Hall–Kier alpha value is -3.94. The summed E-state index contributed by atoms with van der Waals surface area (Å²) in [6.45, 7) is 5.13. The van der Waals surface area contributed by atoms with Crippen molar-refractivity contribution < 1.29 is 14.1 Å². The van der Waals surface area contributed by atoms with Crippen molar-refractivity contribution in [1.29, 1.82) is 0 Å². The normalized spacial score (nSPS) is 14.1.